The van der Waals surface area contributed by atoms with Crippen LogP contribution in [0.3, 0.4) is 0 Å². The maximum absolute atomic E-state index is 12.2. The molecule has 22 heavy (non-hydrogen) atoms. The molecular formula is C15H19ClN3O3+. The summed E-state index contributed by atoms with van der Waals surface area (Å²) >= 11 is 5.84. The van der Waals surface area contributed by atoms with Crippen LogP contribution in [0.2, 0.25) is 5.02 Å². The number of carbonyl (C=O) groups is 3. The van der Waals surface area contributed by atoms with E-state index in [-0.39, 0.29) is 12.7 Å². The summed E-state index contributed by atoms with van der Waals surface area (Å²) < 4.78 is 0. The van der Waals surface area contributed by atoms with Crippen molar-refractivity contribution in [3.8, 4) is 0 Å². The summed E-state index contributed by atoms with van der Waals surface area (Å²) in [6, 6.07) is 6.50. The first-order valence-electron chi connectivity index (χ1n) is 7.06. The second kappa shape index (κ2) is 6.46. The van der Waals surface area contributed by atoms with Crippen LogP contribution < -0.4 is 4.90 Å². The van der Waals surface area contributed by atoms with Crippen molar-refractivity contribution in [2.75, 3.05) is 13.7 Å². The van der Waals surface area contributed by atoms with Gasteiger partial charge in [0.15, 0.2) is 6.67 Å². The Bertz CT molecular complexity index is 601. The minimum Gasteiger partial charge on any atom is -0.316 e. The average molecular weight is 325 g/mol. The van der Waals surface area contributed by atoms with Gasteiger partial charge in [-0.2, -0.15) is 0 Å². The zero-order valence-corrected chi connectivity index (χ0v) is 13.6. The smallest absolute Gasteiger partial charge is 0.316 e. The molecule has 0 aliphatic carbocycles. The molecule has 0 saturated carbocycles. The third-order valence-corrected chi connectivity index (χ3v) is 3.70. The highest BCUT2D eigenvalue weighted by atomic mass is 35.5. The number of carbonyl (C=O) groups excluding carboxylic acids is 3. The molecule has 1 aromatic carbocycles. The molecule has 1 N–H and O–H groups in total. The quantitative estimate of drug-likeness (QED) is 0.634. The minimum atomic E-state index is -0.755. The maximum Gasteiger partial charge on any atom is 0.338 e. The number of halogens is 1. The molecular weight excluding hydrogens is 306 g/mol. The summed E-state index contributed by atoms with van der Waals surface area (Å²) in [7, 11) is 1.86. The van der Waals surface area contributed by atoms with Crippen molar-refractivity contribution >= 4 is 29.4 Å². The van der Waals surface area contributed by atoms with Crippen molar-refractivity contribution < 1.29 is 19.3 Å². The highest BCUT2D eigenvalue weighted by Crippen LogP contribution is 2.14. The number of rotatable bonds is 5. The number of urea groups is 1. The molecule has 1 fully saturated rings. The number of hydrogen-bond acceptors (Lipinski definition) is 3. The second-order valence-electron chi connectivity index (χ2n) is 5.70. The van der Waals surface area contributed by atoms with Crippen molar-refractivity contribution in [1.82, 2.24) is 9.80 Å². The predicted molar refractivity (Wildman–Crippen MR) is 81.1 cm³/mol. The molecule has 1 atom stereocenters. The number of quaternary nitrogens is 1. The normalized spacial score (nSPS) is 16.9. The Kier molecular flexibility index (Phi) is 4.83. The lowest BCUT2D eigenvalue weighted by molar-refractivity contribution is -0.901. The summed E-state index contributed by atoms with van der Waals surface area (Å²) in [4.78, 5) is 38.9. The van der Waals surface area contributed by atoms with Crippen molar-refractivity contribution in [3.05, 3.63) is 34.9 Å². The van der Waals surface area contributed by atoms with E-state index < -0.39 is 17.8 Å². The van der Waals surface area contributed by atoms with E-state index in [0.29, 0.717) is 11.6 Å². The van der Waals surface area contributed by atoms with E-state index in [1.54, 1.807) is 26.0 Å². The Hall–Kier alpha value is -1.92. The molecule has 0 spiro atoms. The average Bonchev–Trinajstić information content (AvgIpc) is 2.65. The van der Waals surface area contributed by atoms with Gasteiger partial charge in [0, 0.05) is 16.6 Å². The van der Waals surface area contributed by atoms with Gasteiger partial charge in [0.25, 0.3) is 0 Å². The van der Waals surface area contributed by atoms with Crippen molar-refractivity contribution in [2.24, 2.45) is 0 Å². The van der Waals surface area contributed by atoms with E-state index in [1.807, 2.05) is 19.2 Å². The minimum absolute atomic E-state index is 0.148. The number of nitrogens with one attached hydrogen (secondary N) is 1. The van der Waals surface area contributed by atoms with Crippen LogP contribution in [0.4, 0.5) is 4.79 Å². The summed E-state index contributed by atoms with van der Waals surface area (Å²) in [6.07, 6.45) is 0. The maximum atomic E-state index is 12.2. The zero-order chi connectivity index (χ0) is 16.4. The summed E-state index contributed by atoms with van der Waals surface area (Å²) in [5, 5.41) is 0.657. The SMILES string of the molecule is CC(C)N1C(=O)C(=O)N(C[NH+](C)Cc2ccc(Cl)cc2)C1=O. The standard InChI is InChI=1S/C15H18ClN3O3/c1-10(2)19-14(21)13(20)18(15(19)22)9-17(3)8-11-4-6-12(16)7-5-11/h4-7,10H,8-9H2,1-3H3/p+1. The molecule has 4 amide bonds. The third-order valence-electron chi connectivity index (χ3n) is 3.45. The monoisotopic (exact) mass is 324 g/mol. The number of nitrogens with zero attached hydrogens (tertiary/aromatic N) is 2. The Morgan fingerprint density at radius 2 is 1.68 bits per heavy atom. The van der Waals surface area contributed by atoms with Crippen LogP contribution in [-0.2, 0) is 16.1 Å². The first-order valence-corrected chi connectivity index (χ1v) is 7.43. The molecule has 1 aromatic rings. The van der Waals surface area contributed by atoms with Gasteiger partial charge in [0.05, 0.1) is 7.05 Å². The van der Waals surface area contributed by atoms with Crippen LogP contribution in [0.5, 0.6) is 0 Å². The van der Waals surface area contributed by atoms with Gasteiger partial charge in [-0.3, -0.25) is 14.5 Å². The van der Waals surface area contributed by atoms with Gasteiger partial charge in [0.2, 0.25) is 0 Å². The molecule has 0 bridgehead atoms. The summed E-state index contributed by atoms with van der Waals surface area (Å²) in [5.74, 6) is -1.51. The van der Waals surface area contributed by atoms with Crippen LogP contribution in [0.1, 0.15) is 19.4 Å². The van der Waals surface area contributed by atoms with Gasteiger partial charge in [-0.1, -0.05) is 23.7 Å². The number of amides is 4. The Morgan fingerprint density at radius 3 is 2.18 bits per heavy atom. The van der Waals surface area contributed by atoms with E-state index >= 15 is 0 Å². The van der Waals surface area contributed by atoms with Gasteiger partial charge >= 0.3 is 17.8 Å². The fourth-order valence-corrected chi connectivity index (χ4v) is 2.52. The van der Waals surface area contributed by atoms with Crippen molar-refractivity contribution in [3.63, 3.8) is 0 Å². The van der Waals surface area contributed by atoms with Gasteiger partial charge in [0.1, 0.15) is 6.54 Å². The molecule has 7 heteroatoms. The van der Waals surface area contributed by atoms with E-state index in [0.717, 1.165) is 20.3 Å². The third kappa shape index (κ3) is 3.28. The first kappa shape index (κ1) is 16.5. The predicted octanol–water partition coefficient (Wildman–Crippen LogP) is 0.511. The zero-order valence-electron chi connectivity index (χ0n) is 12.8. The van der Waals surface area contributed by atoms with Gasteiger partial charge in [-0.15, -0.1) is 0 Å². The van der Waals surface area contributed by atoms with Crippen molar-refractivity contribution in [1.29, 1.82) is 0 Å². The lowest BCUT2D eigenvalue weighted by Crippen LogP contribution is -3.09. The van der Waals surface area contributed by atoms with Crippen LogP contribution in [0.15, 0.2) is 24.3 Å². The number of hydrogen-bond donors (Lipinski definition) is 1. The van der Waals surface area contributed by atoms with E-state index in [2.05, 4.69) is 0 Å². The van der Waals surface area contributed by atoms with Crippen LogP contribution in [-0.4, -0.2) is 47.4 Å². The molecule has 118 valence electrons. The largest absolute Gasteiger partial charge is 0.338 e. The Balaban J connectivity index is 2.03. The second-order valence-corrected chi connectivity index (χ2v) is 6.14. The Morgan fingerprint density at radius 1 is 1.09 bits per heavy atom. The van der Waals surface area contributed by atoms with Crippen LogP contribution in [0.25, 0.3) is 0 Å². The fraction of sp³-hybridized carbons (Fsp3) is 0.400. The lowest BCUT2D eigenvalue weighted by atomic mass is 10.2. The highest BCUT2D eigenvalue weighted by molar-refractivity contribution is 6.44. The Labute approximate surface area is 134 Å². The molecule has 1 heterocycles. The number of imide groups is 2. The summed E-state index contributed by atoms with van der Waals surface area (Å²) in [6.45, 7) is 4.17. The molecule has 0 aromatic heterocycles. The molecule has 2 rings (SSSR count). The van der Waals surface area contributed by atoms with Crippen LogP contribution in [0, 0.1) is 0 Å². The highest BCUT2D eigenvalue weighted by Gasteiger charge is 2.46. The van der Waals surface area contributed by atoms with Gasteiger partial charge in [-0.25, -0.2) is 9.69 Å². The first-order chi connectivity index (χ1) is 10.3. The fourth-order valence-electron chi connectivity index (χ4n) is 2.39. The van der Waals surface area contributed by atoms with E-state index in [1.165, 1.54) is 0 Å². The van der Waals surface area contributed by atoms with Gasteiger partial charge in [-0.05, 0) is 26.0 Å². The molecule has 1 aliphatic heterocycles. The molecule has 1 unspecified atom stereocenters. The van der Waals surface area contributed by atoms with Crippen LogP contribution >= 0.6 is 11.6 Å². The lowest BCUT2D eigenvalue weighted by Gasteiger charge is -2.21. The van der Waals surface area contributed by atoms with E-state index in [9.17, 15) is 14.4 Å². The summed E-state index contributed by atoms with van der Waals surface area (Å²) in [5.41, 5.74) is 1.04. The topological polar surface area (TPSA) is 62.1 Å². The van der Waals surface area contributed by atoms with Gasteiger partial charge < -0.3 is 4.90 Å². The molecule has 0 radical (unpaired) electrons. The number of benzene rings is 1. The van der Waals surface area contributed by atoms with Crippen molar-refractivity contribution in [2.45, 2.75) is 26.4 Å². The van der Waals surface area contributed by atoms with E-state index in [4.69, 9.17) is 11.6 Å². The molecule has 1 aliphatic rings. The molecule has 6 nitrogen and oxygen atoms in total. The molecule has 1 saturated heterocycles.